The second-order valence-electron chi connectivity index (χ2n) is 3.74. The van der Waals surface area contributed by atoms with E-state index in [1.807, 2.05) is 18.2 Å². The Balaban J connectivity index is 2.36. The van der Waals surface area contributed by atoms with E-state index in [1.54, 1.807) is 7.11 Å². The predicted molar refractivity (Wildman–Crippen MR) is 60.9 cm³/mol. The first kappa shape index (κ1) is 10.8. The van der Waals surface area contributed by atoms with E-state index in [-0.39, 0.29) is 11.9 Å². The average Bonchev–Trinajstić information content (AvgIpc) is 2.36. The van der Waals surface area contributed by atoms with Crippen LogP contribution in [0.5, 0.6) is 5.75 Å². The number of fused-ring (bicyclic) bond motifs is 1. The van der Waals surface area contributed by atoms with E-state index in [1.165, 1.54) is 7.11 Å². The molecule has 1 unspecified atom stereocenters. The molecule has 0 aliphatic carbocycles. The second-order valence-corrected chi connectivity index (χ2v) is 3.74. The fourth-order valence-corrected chi connectivity index (χ4v) is 2.01. The van der Waals surface area contributed by atoms with Crippen molar-refractivity contribution in [3.8, 4) is 5.75 Å². The molecule has 0 saturated carbocycles. The number of carbonyl (C=O) groups is 1. The standard InChI is InChI=1S/C12H15NO3/c1-15-8-3-4-9-10(12(14)16-2)5-6-13-11(9)7-8/h3-4,7,10,13H,5-6H2,1-2H3. The molecule has 1 aliphatic heterocycles. The minimum atomic E-state index is -0.173. The topological polar surface area (TPSA) is 47.6 Å². The van der Waals surface area contributed by atoms with E-state index in [9.17, 15) is 4.79 Å². The van der Waals surface area contributed by atoms with Crippen molar-refractivity contribution in [2.24, 2.45) is 0 Å². The number of benzene rings is 1. The van der Waals surface area contributed by atoms with Gasteiger partial charge in [0.1, 0.15) is 5.75 Å². The van der Waals surface area contributed by atoms with Gasteiger partial charge >= 0.3 is 5.97 Å². The molecule has 1 heterocycles. The van der Waals surface area contributed by atoms with Crippen LogP contribution in [0.4, 0.5) is 5.69 Å². The SMILES string of the molecule is COC(=O)C1CCNc2cc(OC)ccc21. The first-order chi connectivity index (χ1) is 7.76. The van der Waals surface area contributed by atoms with Gasteiger partial charge in [0.15, 0.2) is 0 Å². The molecular weight excluding hydrogens is 206 g/mol. The molecule has 0 radical (unpaired) electrons. The highest BCUT2D eigenvalue weighted by Crippen LogP contribution is 2.34. The number of ether oxygens (including phenoxy) is 2. The van der Waals surface area contributed by atoms with Crippen molar-refractivity contribution in [1.82, 2.24) is 0 Å². The van der Waals surface area contributed by atoms with Gasteiger partial charge in [-0.2, -0.15) is 0 Å². The summed E-state index contributed by atoms with van der Waals surface area (Å²) in [6.07, 6.45) is 0.770. The molecule has 1 aliphatic rings. The maximum absolute atomic E-state index is 11.6. The summed E-state index contributed by atoms with van der Waals surface area (Å²) in [5, 5.41) is 3.26. The number of rotatable bonds is 2. The Morgan fingerprint density at radius 2 is 2.25 bits per heavy atom. The zero-order chi connectivity index (χ0) is 11.5. The lowest BCUT2D eigenvalue weighted by atomic mass is 9.91. The third-order valence-corrected chi connectivity index (χ3v) is 2.87. The minimum Gasteiger partial charge on any atom is -0.497 e. The fourth-order valence-electron chi connectivity index (χ4n) is 2.01. The Hall–Kier alpha value is -1.71. The first-order valence-corrected chi connectivity index (χ1v) is 5.26. The maximum atomic E-state index is 11.6. The molecule has 0 bridgehead atoms. The van der Waals surface area contributed by atoms with Crippen LogP contribution in [0.3, 0.4) is 0 Å². The highest BCUT2D eigenvalue weighted by Gasteiger charge is 2.27. The summed E-state index contributed by atoms with van der Waals surface area (Å²) < 4.78 is 9.95. The number of esters is 1. The van der Waals surface area contributed by atoms with Gasteiger partial charge in [-0.1, -0.05) is 6.07 Å². The Morgan fingerprint density at radius 1 is 1.44 bits per heavy atom. The van der Waals surface area contributed by atoms with Gasteiger partial charge in [-0.25, -0.2) is 0 Å². The third-order valence-electron chi connectivity index (χ3n) is 2.87. The van der Waals surface area contributed by atoms with Crippen molar-refractivity contribution < 1.29 is 14.3 Å². The molecule has 86 valence electrons. The second kappa shape index (κ2) is 4.43. The monoisotopic (exact) mass is 221 g/mol. The molecule has 2 rings (SSSR count). The maximum Gasteiger partial charge on any atom is 0.313 e. The van der Waals surface area contributed by atoms with Crippen molar-refractivity contribution in [3.63, 3.8) is 0 Å². The highest BCUT2D eigenvalue weighted by atomic mass is 16.5. The normalized spacial score (nSPS) is 18.2. The summed E-state index contributed by atoms with van der Waals surface area (Å²) >= 11 is 0. The number of hydrogen-bond acceptors (Lipinski definition) is 4. The molecule has 0 spiro atoms. The predicted octanol–water partition coefficient (Wildman–Crippen LogP) is 1.77. The molecular formula is C12H15NO3. The van der Waals surface area contributed by atoms with E-state index in [4.69, 9.17) is 9.47 Å². The van der Waals surface area contributed by atoms with Gasteiger partial charge in [-0.15, -0.1) is 0 Å². The summed E-state index contributed by atoms with van der Waals surface area (Å²) in [4.78, 5) is 11.6. The Labute approximate surface area is 94.6 Å². The van der Waals surface area contributed by atoms with Crippen LogP contribution in [0.25, 0.3) is 0 Å². The Kier molecular flexibility index (Phi) is 2.99. The molecule has 0 saturated heterocycles. The lowest BCUT2D eigenvalue weighted by Crippen LogP contribution is -2.23. The number of carbonyl (C=O) groups excluding carboxylic acids is 1. The quantitative estimate of drug-likeness (QED) is 0.773. The van der Waals surface area contributed by atoms with E-state index in [2.05, 4.69) is 5.32 Å². The third kappa shape index (κ3) is 1.83. The molecule has 1 aromatic carbocycles. The van der Waals surface area contributed by atoms with Crippen LogP contribution in [0.1, 0.15) is 17.9 Å². The summed E-state index contributed by atoms with van der Waals surface area (Å²) in [7, 11) is 3.05. The van der Waals surface area contributed by atoms with Gasteiger partial charge < -0.3 is 14.8 Å². The van der Waals surface area contributed by atoms with Gasteiger partial charge in [0.2, 0.25) is 0 Å². The van der Waals surface area contributed by atoms with E-state index < -0.39 is 0 Å². The van der Waals surface area contributed by atoms with Gasteiger partial charge in [-0.05, 0) is 18.1 Å². The van der Waals surface area contributed by atoms with Crippen LogP contribution in [0.15, 0.2) is 18.2 Å². The van der Waals surface area contributed by atoms with Gasteiger partial charge in [0, 0.05) is 18.3 Å². The van der Waals surface area contributed by atoms with Crippen LogP contribution in [-0.4, -0.2) is 26.7 Å². The molecule has 4 nitrogen and oxygen atoms in total. The lowest BCUT2D eigenvalue weighted by molar-refractivity contribution is -0.142. The fraction of sp³-hybridized carbons (Fsp3) is 0.417. The molecule has 0 aromatic heterocycles. The molecule has 16 heavy (non-hydrogen) atoms. The number of methoxy groups -OCH3 is 2. The zero-order valence-electron chi connectivity index (χ0n) is 9.45. The van der Waals surface area contributed by atoms with E-state index in [0.717, 1.165) is 30.0 Å². The van der Waals surface area contributed by atoms with Crippen molar-refractivity contribution in [2.45, 2.75) is 12.3 Å². The van der Waals surface area contributed by atoms with Gasteiger partial charge in [-0.3, -0.25) is 4.79 Å². The molecule has 1 atom stereocenters. The first-order valence-electron chi connectivity index (χ1n) is 5.26. The highest BCUT2D eigenvalue weighted by molar-refractivity contribution is 5.81. The van der Waals surface area contributed by atoms with E-state index in [0.29, 0.717) is 0 Å². The van der Waals surface area contributed by atoms with Crippen molar-refractivity contribution >= 4 is 11.7 Å². The summed E-state index contributed by atoms with van der Waals surface area (Å²) in [6.45, 7) is 0.778. The summed E-state index contributed by atoms with van der Waals surface area (Å²) in [6, 6.07) is 5.69. The Morgan fingerprint density at radius 3 is 2.94 bits per heavy atom. The summed E-state index contributed by atoms with van der Waals surface area (Å²) in [5.74, 6) is 0.455. The number of hydrogen-bond donors (Lipinski definition) is 1. The largest absolute Gasteiger partial charge is 0.497 e. The molecule has 0 amide bonds. The van der Waals surface area contributed by atoms with Crippen molar-refractivity contribution in [3.05, 3.63) is 23.8 Å². The molecule has 4 heteroatoms. The zero-order valence-corrected chi connectivity index (χ0v) is 9.45. The van der Waals surface area contributed by atoms with Crippen LogP contribution < -0.4 is 10.1 Å². The Bertz CT molecular complexity index is 403. The molecule has 1 N–H and O–H groups in total. The van der Waals surface area contributed by atoms with Gasteiger partial charge in [0.05, 0.1) is 20.1 Å². The number of anilines is 1. The van der Waals surface area contributed by atoms with Crippen molar-refractivity contribution in [1.29, 1.82) is 0 Å². The number of nitrogens with one attached hydrogen (secondary N) is 1. The van der Waals surface area contributed by atoms with Crippen LogP contribution in [0, 0.1) is 0 Å². The van der Waals surface area contributed by atoms with Crippen LogP contribution in [-0.2, 0) is 9.53 Å². The molecule has 0 fully saturated rings. The average molecular weight is 221 g/mol. The lowest BCUT2D eigenvalue weighted by Gasteiger charge is -2.25. The van der Waals surface area contributed by atoms with E-state index >= 15 is 0 Å². The van der Waals surface area contributed by atoms with Crippen LogP contribution >= 0.6 is 0 Å². The molecule has 1 aromatic rings. The minimum absolute atomic E-state index is 0.160. The van der Waals surface area contributed by atoms with Crippen LogP contribution in [0.2, 0.25) is 0 Å². The smallest absolute Gasteiger partial charge is 0.313 e. The summed E-state index contributed by atoms with van der Waals surface area (Å²) in [5.41, 5.74) is 1.94. The van der Waals surface area contributed by atoms with Gasteiger partial charge in [0.25, 0.3) is 0 Å². The van der Waals surface area contributed by atoms with Crippen molar-refractivity contribution in [2.75, 3.05) is 26.1 Å².